The number of sulfone groups is 1. The van der Waals surface area contributed by atoms with E-state index in [1.807, 2.05) is 0 Å². The minimum absolute atomic E-state index is 0.309. The van der Waals surface area contributed by atoms with Crippen LogP contribution in [0, 0.1) is 5.41 Å². The smallest absolute Gasteiger partial charge is 0.277 e. The molecular formula is C13H20N2O5S. The summed E-state index contributed by atoms with van der Waals surface area (Å²) in [7, 11) is -3.33. The molecule has 1 saturated heterocycles. The Hall–Kier alpha value is -1.44. The molecule has 0 aromatic carbocycles. The molecule has 4 amide bonds. The third-order valence-corrected chi connectivity index (χ3v) is 5.28. The first-order valence-electron chi connectivity index (χ1n) is 7.04. The summed E-state index contributed by atoms with van der Waals surface area (Å²) in [6.45, 7) is 1.50. The quantitative estimate of drug-likeness (QED) is 0.762. The summed E-state index contributed by atoms with van der Waals surface area (Å²) in [6, 6.07) is -1.61. The van der Waals surface area contributed by atoms with Crippen LogP contribution < -0.4 is 5.32 Å². The summed E-state index contributed by atoms with van der Waals surface area (Å²) in [5, 5.41) is 2.22. The van der Waals surface area contributed by atoms with Crippen molar-refractivity contribution in [3.05, 3.63) is 0 Å². The van der Waals surface area contributed by atoms with Gasteiger partial charge in [0.1, 0.15) is 15.3 Å². The molecule has 1 spiro atoms. The summed E-state index contributed by atoms with van der Waals surface area (Å²) >= 11 is 0. The van der Waals surface area contributed by atoms with E-state index >= 15 is 0 Å². The second-order valence-corrected chi connectivity index (χ2v) is 8.20. The molecule has 0 aromatic heterocycles. The largest absolute Gasteiger partial charge is 0.331 e. The zero-order chi connectivity index (χ0) is 15.8. The molecule has 1 aliphatic heterocycles. The van der Waals surface area contributed by atoms with Crippen LogP contribution in [0.1, 0.15) is 39.0 Å². The number of urea groups is 1. The van der Waals surface area contributed by atoms with Gasteiger partial charge in [-0.3, -0.25) is 19.8 Å². The van der Waals surface area contributed by atoms with Crippen molar-refractivity contribution in [3.8, 4) is 0 Å². The first kappa shape index (κ1) is 15.9. The highest BCUT2D eigenvalue weighted by Crippen LogP contribution is 2.40. The van der Waals surface area contributed by atoms with E-state index in [0.29, 0.717) is 12.8 Å². The molecule has 0 aromatic rings. The lowest BCUT2D eigenvalue weighted by Gasteiger charge is -2.43. The van der Waals surface area contributed by atoms with Crippen LogP contribution in [0.25, 0.3) is 0 Å². The van der Waals surface area contributed by atoms with E-state index in [-0.39, 0.29) is 5.75 Å². The van der Waals surface area contributed by atoms with E-state index in [4.69, 9.17) is 0 Å². The van der Waals surface area contributed by atoms with Crippen molar-refractivity contribution < 1.29 is 22.8 Å². The number of imide groups is 2. The van der Waals surface area contributed by atoms with Crippen molar-refractivity contribution >= 4 is 27.7 Å². The van der Waals surface area contributed by atoms with Crippen LogP contribution >= 0.6 is 0 Å². The number of nitrogens with zero attached hydrogens (tertiary/aromatic N) is 1. The summed E-state index contributed by atoms with van der Waals surface area (Å²) in [4.78, 5) is 37.7. The number of amides is 4. The average molecular weight is 316 g/mol. The van der Waals surface area contributed by atoms with Crippen LogP contribution in [0.15, 0.2) is 0 Å². The van der Waals surface area contributed by atoms with Gasteiger partial charge in [-0.15, -0.1) is 0 Å². The third kappa shape index (κ3) is 2.95. The van der Waals surface area contributed by atoms with Gasteiger partial charge in [0.15, 0.2) is 0 Å². The molecule has 2 fully saturated rings. The molecule has 0 bridgehead atoms. The van der Waals surface area contributed by atoms with Crippen molar-refractivity contribution in [1.29, 1.82) is 0 Å². The summed E-state index contributed by atoms with van der Waals surface area (Å²) < 4.78 is 22.8. The van der Waals surface area contributed by atoms with Crippen LogP contribution in [-0.4, -0.2) is 49.2 Å². The van der Waals surface area contributed by atoms with Gasteiger partial charge in [-0.25, -0.2) is 13.2 Å². The lowest BCUT2D eigenvalue weighted by Crippen LogP contribution is -2.66. The molecule has 1 aliphatic carbocycles. The Kier molecular flexibility index (Phi) is 4.10. The molecule has 1 saturated carbocycles. The Morgan fingerprint density at radius 3 is 2.29 bits per heavy atom. The van der Waals surface area contributed by atoms with E-state index in [1.54, 1.807) is 0 Å². The number of hydrogen-bond acceptors (Lipinski definition) is 5. The topological polar surface area (TPSA) is 101 Å². The fourth-order valence-corrected chi connectivity index (χ4v) is 4.23. The Bertz CT molecular complexity index is 577. The van der Waals surface area contributed by atoms with Crippen LogP contribution in [-0.2, 0) is 19.4 Å². The van der Waals surface area contributed by atoms with E-state index in [0.717, 1.165) is 30.4 Å². The van der Waals surface area contributed by atoms with Gasteiger partial charge in [0.25, 0.3) is 0 Å². The van der Waals surface area contributed by atoms with Gasteiger partial charge < -0.3 is 0 Å². The van der Waals surface area contributed by atoms with Gasteiger partial charge in [0.2, 0.25) is 11.8 Å². The molecule has 1 heterocycles. The van der Waals surface area contributed by atoms with Crippen molar-refractivity contribution in [2.45, 2.75) is 45.1 Å². The predicted molar refractivity (Wildman–Crippen MR) is 75.1 cm³/mol. The van der Waals surface area contributed by atoms with Crippen LogP contribution in [0.4, 0.5) is 4.79 Å². The zero-order valence-corrected chi connectivity index (χ0v) is 13.0. The lowest BCUT2D eigenvalue weighted by molar-refractivity contribution is -0.154. The Balaban J connectivity index is 2.31. The number of barbiturate groups is 1. The standard InChI is InChI=1S/C13H20N2O5S/c1-9(8-21(2,19)20)15-11(17)13(6-4-3-5-7-13)10(16)14-12(15)18/h9H,3-8H2,1-2H3,(H,14,16,18). The van der Waals surface area contributed by atoms with Crippen molar-refractivity contribution in [2.75, 3.05) is 12.0 Å². The first-order valence-corrected chi connectivity index (χ1v) is 9.10. The van der Waals surface area contributed by atoms with Gasteiger partial charge >= 0.3 is 6.03 Å². The molecule has 2 aliphatic rings. The maximum absolute atomic E-state index is 12.7. The van der Waals surface area contributed by atoms with Crippen LogP contribution in [0.3, 0.4) is 0 Å². The third-order valence-electron chi connectivity index (χ3n) is 4.19. The predicted octanol–water partition coefficient (Wildman–Crippen LogP) is 0.448. The normalized spacial score (nSPS) is 24.1. The maximum atomic E-state index is 12.7. The molecule has 8 heteroatoms. The number of rotatable bonds is 3. The van der Waals surface area contributed by atoms with E-state index in [1.165, 1.54) is 6.92 Å². The lowest BCUT2D eigenvalue weighted by atomic mass is 9.71. The minimum Gasteiger partial charge on any atom is -0.277 e. The van der Waals surface area contributed by atoms with E-state index in [9.17, 15) is 22.8 Å². The number of carbonyl (C=O) groups excluding carboxylic acids is 3. The summed E-state index contributed by atoms with van der Waals surface area (Å²) in [6.07, 6.45) is 4.33. The SMILES string of the molecule is CC(CS(C)(=O)=O)N1C(=O)NC(=O)C2(CCCCC2)C1=O. The number of hydrogen-bond donors (Lipinski definition) is 1. The first-order chi connectivity index (χ1) is 9.67. The van der Waals surface area contributed by atoms with E-state index in [2.05, 4.69) is 5.32 Å². The Morgan fingerprint density at radius 2 is 1.76 bits per heavy atom. The number of carbonyl (C=O) groups is 3. The molecule has 7 nitrogen and oxygen atoms in total. The molecule has 1 atom stereocenters. The van der Waals surface area contributed by atoms with Gasteiger partial charge in [-0.1, -0.05) is 19.3 Å². The minimum atomic E-state index is -3.33. The fraction of sp³-hybridized carbons (Fsp3) is 0.769. The van der Waals surface area contributed by atoms with Crippen LogP contribution in [0.5, 0.6) is 0 Å². The monoisotopic (exact) mass is 316 g/mol. The number of nitrogens with one attached hydrogen (secondary N) is 1. The molecule has 1 unspecified atom stereocenters. The average Bonchev–Trinajstić information content (AvgIpc) is 2.35. The summed E-state index contributed by atoms with van der Waals surface area (Å²) in [5.74, 6) is -1.40. The van der Waals surface area contributed by atoms with Crippen molar-refractivity contribution in [2.24, 2.45) is 5.41 Å². The highest BCUT2D eigenvalue weighted by molar-refractivity contribution is 7.90. The highest BCUT2D eigenvalue weighted by atomic mass is 32.2. The van der Waals surface area contributed by atoms with Crippen molar-refractivity contribution in [3.63, 3.8) is 0 Å². The molecule has 0 radical (unpaired) electrons. The molecule has 1 N–H and O–H groups in total. The zero-order valence-electron chi connectivity index (χ0n) is 12.2. The maximum Gasteiger partial charge on any atom is 0.331 e. The molecule has 118 valence electrons. The highest BCUT2D eigenvalue weighted by Gasteiger charge is 2.54. The van der Waals surface area contributed by atoms with Gasteiger partial charge in [0, 0.05) is 6.26 Å². The van der Waals surface area contributed by atoms with Gasteiger partial charge in [0.05, 0.1) is 11.8 Å². The Labute approximate surface area is 124 Å². The van der Waals surface area contributed by atoms with Crippen LogP contribution in [0.2, 0.25) is 0 Å². The fourth-order valence-electron chi connectivity index (χ4n) is 3.21. The molecule has 21 heavy (non-hydrogen) atoms. The Morgan fingerprint density at radius 1 is 1.19 bits per heavy atom. The van der Waals surface area contributed by atoms with Gasteiger partial charge in [-0.05, 0) is 19.8 Å². The second kappa shape index (κ2) is 5.40. The van der Waals surface area contributed by atoms with E-state index < -0.39 is 39.1 Å². The van der Waals surface area contributed by atoms with Gasteiger partial charge in [-0.2, -0.15) is 0 Å². The molecular weight excluding hydrogens is 296 g/mol. The molecule has 2 rings (SSSR count). The van der Waals surface area contributed by atoms with Crippen molar-refractivity contribution in [1.82, 2.24) is 10.2 Å². The summed E-state index contributed by atoms with van der Waals surface area (Å²) in [5.41, 5.74) is -1.20. The second-order valence-electron chi connectivity index (χ2n) is 6.02.